The van der Waals surface area contributed by atoms with Gasteiger partial charge in [-0.25, -0.2) is 0 Å². The number of aromatic amines is 1. The molecule has 0 radical (unpaired) electrons. The highest BCUT2D eigenvalue weighted by Crippen LogP contribution is 2.56. The van der Waals surface area contributed by atoms with Gasteiger partial charge in [0.25, 0.3) is 0 Å². The molecular weight excluding hydrogens is 302 g/mol. The molecule has 1 heterocycles. The first kappa shape index (κ1) is 11.7. The number of nitrogens with one attached hydrogen (secondary N) is 1. The third-order valence-corrected chi connectivity index (χ3v) is 5.36. The van der Waals surface area contributed by atoms with Gasteiger partial charge in [-0.05, 0) is 42.9 Å². The van der Waals surface area contributed by atoms with E-state index in [4.69, 9.17) is 0 Å². The lowest BCUT2D eigenvalue weighted by Crippen LogP contribution is -2.03. The van der Waals surface area contributed by atoms with E-state index in [0.29, 0.717) is 23.5 Å². The van der Waals surface area contributed by atoms with Crippen LogP contribution in [0.25, 0.3) is 10.9 Å². The number of Topliss-reactive ketones (excluding diaryl/α,β-unsaturated/α-hetero) is 1. The number of hydrogen-bond acceptors (Lipinski definition) is 1. The fourth-order valence-electron chi connectivity index (χ4n) is 3.86. The number of fused-ring (bicyclic) bond motifs is 2. The average molecular weight is 318 g/mol. The predicted octanol–water partition coefficient (Wildman–Crippen LogP) is 4.55. The van der Waals surface area contributed by atoms with Crippen LogP contribution in [-0.4, -0.2) is 10.8 Å². The Labute approximate surface area is 120 Å². The number of halogens is 1. The van der Waals surface area contributed by atoms with E-state index in [0.717, 1.165) is 20.9 Å². The highest BCUT2D eigenvalue weighted by molar-refractivity contribution is 9.10. The third-order valence-electron chi connectivity index (χ3n) is 4.87. The van der Waals surface area contributed by atoms with Gasteiger partial charge < -0.3 is 4.98 Å². The number of ketones is 1. The first-order valence-corrected chi connectivity index (χ1v) is 7.86. The minimum absolute atomic E-state index is 0.306. The van der Waals surface area contributed by atoms with E-state index in [1.54, 1.807) is 0 Å². The lowest BCUT2D eigenvalue weighted by atomic mass is 10.0. The largest absolute Gasteiger partial charge is 0.360 e. The molecule has 0 spiro atoms. The molecule has 2 nitrogen and oxygen atoms in total. The summed E-state index contributed by atoms with van der Waals surface area (Å²) >= 11 is 3.49. The molecule has 1 aromatic carbocycles. The molecule has 0 aliphatic heterocycles. The highest BCUT2D eigenvalue weighted by Gasteiger charge is 2.54. The lowest BCUT2D eigenvalue weighted by molar-refractivity contribution is 0.0958. The van der Waals surface area contributed by atoms with E-state index in [9.17, 15) is 4.79 Å². The van der Waals surface area contributed by atoms with Crippen molar-refractivity contribution in [1.29, 1.82) is 0 Å². The fraction of sp³-hybridized carbons (Fsp3) is 0.438. The van der Waals surface area contributed by atoms with E-state index in [-0.39, 0.29) is 0 Å². The standard InChI is InChI=1S/C16H16BrNO/c17-9-5-6-14-12(7-9)13(8-18-14)16(19)15-10-3-1-2-4-11(10)15/h5-8,10-11,15,18H,1-4H2. The smallest absolute Gasteiger partial charge is 0.168 e. The normalized spacial score (nSPS) is 29.2. The van der Waals surface area contributed by atoms with Crippen molar-refractivity contribution in [2.45, 2.75) is 25.7 Å². The van der Waals surface area contributed by atoms with Crippen molar-refractivity contribution in [2.75, 3.05) is 0 Å². The summed E-state index contributed by atoms with van der Waals surface area (Å²) in [7, 11) is 0. The Balaban J connectivity index is 1.71. The van der Waals surface area contributed by atoms with Crippen molar-refractivity contribution < 1.29 is 4.79 Å². The van der Waals surface area contributed by atoms with Crippen molar-refractivity contribution in [3.63, 3.8) is 0 Å². The topological polar surface area (TPSA) is 32.9 Å². The summed E-state index contributed by atoms with van der Waals surface area (Å²) in [4.78, 5) is 15.9. The number of aromatic nitrogens is 1. The van der Waals surface area contributed by atoms with Crippen LogP contribution in [0.5, 0.6) is 0 Å². The maximum absolute atomic E-state index is 12.7. The minimum Gasteiger partial charge on any atom is -0.360 e. The minimum atomic E-state index is 0.306. The van der Waals surface area contributed by atoms with Gasteiger partial charge in [0.15, 0.2) is 5.78 Å². The summed E-state index contributed by atoms with van der Waals surface area (Å²) in [5, 5.41) is 1.06. The molecule has 1 aromatic heterocycles. The van der Waals surface area contributed by atoms with Crippen LogP contribution in [0.1, 0.15) is 36.0 Å². The molecular formula is C16H16BrNO. The van der Waals surface area contributed by atoms with Gasteiger partial charge in [-0.1, -0.05) is 28.8 Å². The third kappa shape index (κ3) is 1.78. The Morgan fingerprint density at radius 1 is 1.21 bits per heavy atom. The monoisotopic (exact) mass is 317 g/mol. The molecule has 0 saturated heterocycles. The number of benzene rings is 1. The zero-order valence-electron chi connectivity index (χ0n) is 10.7. The Morgan fingerprint density at radius 3 is 2.68 bits per heavy atom. The number of H-pyrrole nitrogens is 1. The SMILES string of the molecule is O=C(c1c[nH]c2ccc(Br)cc12)C1C2CCCCC21. The average Bonchev–Trinajstić information content (AvgIpc) is 3.01. The maximum atomic E-state index is 12.7. The first-order valence-electron chi connectivity index (χ1n) is 7.06. The van der Waals surface area contributed by atoms with Gasteiger partial charge in [-0.2, -0.15) is 0 Å². The van der Waals surface area contributed by atoms with Gasteiger partial charge in [-0.15, -0.1) is 0 Å². The molecule has 2 saturated carbocycles. The van der Waals surface area contributed by atoms with Crippen LogP contribution in [0.15, 0.2) is 28.9 Å². The summed E-state index contributed by atoms with van der Waals surface area (Å²) in [6, 6.07) is 6.07. The van der Waals surface area contributed by atoms with Crippen molar-refractivity contribution in [3.05, 3.63) is 34.4 Å². The molecule has 0 amide bonds. The van der Waals surface area contributed by atoms with Crippen LogP contribution in [-0.2, 0) is 0 Å². The van der Waals surface area contributed by atoms with Crippen LogP contribution < -0.4 is 0 Å². The summed E-state index contributed by atoms with van der Waals surface area (Å²) in [6.07, 6.45) is 7.03. The Kier molecular flexibility index (Phi) is 2.59. The number of carbonyl (C=O) groups excluding carboxylic acids is 1. The van der Waals surface area contributed by atoms with Gasteiger partial charge in [0.2, 0.25) is 0 Å². The van der Waals surface area contributed by atoms with Crippen LogP contribution >= 0.6 is 15.9 Å². The van der Waals surface area contributed by atoms with Crippen molar-refractivity contribution in [3.8, 4) is 0 Å². The Morgan fingerprint density at radius 2 is 1.95 bits per heavy atom. The van der Waals surface area contributed by atoms with Gasteiger partial charge >= 0.3 is 0 Å². The molecule has 3 heteroatoms. The fourth-order valence-corrected chi connectivity index (χ4v) is 4.22. The van der Waals surface area contributed by atoms with Gasteiger partial charge in [-0.3, -0.25) is 4.79 Å². The predicted molar refractivity (Wildman–Crippen MR) is 79.3 cm³/mol. The molecule has 2 atom stereocenters. The second-order valence-electron chi connectivity index (χ2n) is 5.89. The second-order valence-corrected chi connectivity index (χ2v) is 6.81. The van der Waals surface area contributed by atoms with E-state index in [1.807, 2.05) is 24.4 Å². The van der Waals surface area contributed by atoms with Crippen molar-refractivity contribution in [1.82, 2.24) is 4.98 Å². The maximum Gasteiger partial charge on any atom is 0.168 e. The quantitative estimate of drug-likeness (QED) is 0.810. The van der Waals surface area contributed by atoms with Crippen molar-refractivity contribution >= 4 is 32.6 Å². The van der Waals surface area contributed by atoms with Crippen LogP contribution in [0.4, 0.5) is 0 Å². The molecule has 1 N–H and O–H groups in total. The second kappa shape index (κ2) is 4.20. The zero-order valence-corrected chi connectivity index (χ0v) is 12.2. The molecule has 98 valence electrons. The molecule has 2 fully saturated rings. The number of rotatable bonds is 2. The molecule has 0 bridgehead atoms. The van der Waals surface area contributed by atoms with Crippen LogP contribution in [0.3, 0.4) is 0 Å². The summed E-state index contributed by atoms with van der Waals surface area (Å²) in [5.74, 6) is 2.03. The summed E-state index contributed by atoms with van der Waals surface area (Å²) in [6.45, 7) is 0. The van der Waals surface area contributed by atoms with Crippen LogP contribution in [0.2, 0.25) is 0 Å². The van der Waals surface area contributed by atoms with E-state index >= 15 is 0 Å². The van der Waals surface area contributed by atoms with Gasteiger partial charge in [0.05, 0.1) is 0 Å². The molecule has 2 aromatic rings. The highest BCUT2D eigenvalue weighted by atomic mass is 79.9. The van der Waals surface area contributed by atoms with Gasteiger partial charge in [0.1, 0.15) is 0 Å². The van der Waals surface area contributed by atoms with Gasteiger partial charge in [0, 0.05) is 33.1 Å². The molecule has 2 unspecified atom stereocenters. The van der Waals surface area contributed by atoms with E-state index in [1.165, 1.54) is 25.7 Å². The number of carbonyl (C=O) groups is 1. The zero-order chi connectivity index (χ0) is 13.0. The van der Waals surface area contributed by atoms with Crippen molar-refractivity contribution in [2.24, 2.45) is 17.8 Å². The van der Waals surface area contributed by atoms with E-state index in [2.05, 4.69) is 20.9 Å². The lowest BCUT2D eigenvalue weighted by Gasteiger charge is -2.04. The summed E-state index contributed by atoms with van der Waals surface area (Å²) < 4.78 is 1.03. The van der Waals surface area contributed by atoms with E-state index < -0.39 is 0 Å². The molecule has 4 rings (SSSR count). The molecule has 2 aliphatic rings. The summed E-state index contributed by atoms with van der Waals surface area (Å²) in [5.41, 5.74) is 1.94. The first-order chi connectivity index (χ1) is 9.25. The Hall–Kier alpha value is -1.09. The molecule has 19 heavy (non-hydrogen) atoms. The molecule has 2 aliphatic carbocycles. The van der Waals surface area contributed by atoms with Crippen LogP contribution in [0, 0.1) is 17.8 Å². The Bertz CT molecular complexity index is 648. The number of hydrogen-bond donors (Lipinski definition) is 1.